The lowest BCUT2D eigenvalue weighted by Crippen LogP contribution is -2.26. The topological polar surface area (TPSA) is 47.6 Å². The van der Waals surface area contributed by atoms with Crippen molar-refractivity contribution in [1.82, 2.24) is 4.72 Å². The molecule has 8 heteroatoms. The predicted octanol–water partition coefficient (Wildman–Crippen LogP) is 6.08. The van der Waals surface area contributed by atoms with Crippen molar-refractivity contribution in [1.29, 1.82) is 0 Å². The highest BCUT2D eigenvalue weighted by atomic mass is 32.2. The maximum atomic E-state index is 12.7. The van der Waals surface area contributed by atoms with Crippen molar-refractivity contribution < 1.29 is 27.4 Å². The van der Waals surface area contributed by atoms with Gasteiger partial charge < -0.3 is 14.2 Å². The van der Waals surface area contributed by atoms with Crippen molar-refractivity contribution in [3.05, 3.63) is 83.9 Å². The van der Waals surface area contributed by atoms with Crippen LogP contribution in [0, 0.1) is 0 Å². The van der Waals surface area contributed by atoms with Gasteiger partial charge in [0.15, 0.2) is 0 Å². The number of benzene rings is 3. The molecule has 4 nitrogen and oxygen atoms in total. The van der Waals surface area contributed by atoms with Gasteiger partial charge in [0.2, 0.25) is 5.91 Å². The number of para-hydroxylation sites is 1. The third-order valence-electron chi connectivity index (χ3n) is 5.01. The van der Waals surface area contributed by atoms with E-state index in [-0.39, 0.29) is 24.2 Å². The summed E-state index contributed by atoms with van der Waals surface area (Å²) in [5.74, 6) is 1.47. The summed E-state index contributed by atoms with van der Waals surface area (Å²) in [5.41, 5.74) is 2.86. The summed E-state index contributed by atoms with van der Waals surface area (Å²) in [6.07, 6.45) is -4.29. The standard InChI is InChI=1S/C24H20F3NO3S/c25-24(26,27)31-22-7-2-1-6-21(22)18-5-3-4-16(12-18)14-30-20-10-8-17(9-11-20)19-13-23(29)28-32-15-19/h1-12,19H,13-15H2,(H,28,29). The minimum Gasteiger partial charge on any atom is -0.489 e. The molecule has 0 bridgehead atoms. The van der Waals surface area contributed by atoms with E-state index < -0.39 is 6.36 Å². The molecule has 3 aromatic carbocycles. The Kier molecular flexibility index (Phi) is 6.60. The van der Waals surface area contributed by atoms with Gasteiger partial charge in [-0.3, -0.25) is 4.79 Å². The molecule has 166 valence electrons. The van der Waals surface area contributed by atoms with Crippen LogP contribution in [0.15, 0.2) is 72.8 Å². The number of hydrogen-bond donors (Lipinski definition) is 1. The van der Waals surface area contributed by atoms with Gasteiger partial charge in [0.1, 0.15) is 18.1 Å². The second kappa shape index (κ2) is 9.56. The van der Waals surface area contributed by atoms with Gasteiger partial charge in [-0.25, -0.2) is 0 Å². The van der Waals surface area contributed by atoms with E-state index in [4.69, 9.17) is 4.74 Å². The molecule has 1 amide bonds. The molecule has 1 unspecified atom stereocenters. The number of halogens is 3. The number of alkyl halides is 3. The lowest BCUT2D eigenvalue weighted by molar-refractivity contribution is -0.274. The molecule has 1 heterocycles. The van der Waals surface area contributed by atoms with Crippen LogP contribution in [-0.4, -0.2) is 18.0 Å². The number of nitrogens with one attached hydrogen (secondary N) is 1. The predicted molar refractivity (Wildman–Crippen MR) is 117 cm³/mol. The van der Waals surface area contributed by atoms with Crippen LogP contribution < -0.4 is 14.2 Å². The quantitative estimate of drug-likeness (QED) is 0.454. The molecule has 1 aliphatic heterocycles. The van der Waals surface area contributed by atoms with Gasteiger partial charge in [-0.05, 0) is 52.9 Å². The van der Waals surface area contributed by atoms with Gasteiger partial charge in [0.05, 0.1) is 0 Å². The van der Waals surface area contributed by atoms with Gasteiger partial charge >= 0.3 is 6.36 Å². The summed E-state index contributed by atoms with van der Waals surface area (Å²) >= 11 is 1.42. The molecule has 1 N–H and O–H groups in total. The Morgan fingerprint density at radius 1 is 1.00 bits per heavy atom. The molecular formula is C24H20F3NO3S. The highest BCUT2D eigenvalue weighted by Crippen LogP contribution is 2.34. The fourth-order valence-electron chi connectivity index (χ4n) is 3.51. The number of carbonyl (C=O) groups is 1. The SMILES string of the molecule is O=C1CC(c2ccc(OCc3cccc(-c4ccccc4OC(F)(F)F)c3)cc2)CSN1. The number of ether oxygens (including phenoxy) is 2. The second-order valence-electron chi connectivity index (χ2n) is 7.34. The second-order valence-corrected chi connectivity index (χ2v) is 8.17. The highest BCUT2D eigenvalue weighted by Gasteiger charge is 2.32. The monoisotopic (exact) mass is 459 g/mol. The van der Waals surface area contributed by atoms with Gasteiger partial charge in [-0.2, -0.15) is 0 Å². The van der Waals surface area contributed by atoms with Crippen LogP contribution in [0.4, 0.5) is 13.2 Å². The molecule has 3 aromatic rings. The highest BCUT2D eigenvalue weighted by molar-refractivity contribution is 7.98. The van der Waals surface area contributed by atoms with Gasteiger partial charge in [-0.1, -0.05) is 48.5 Å². The Labute approximate surface area is 187 Å². The minimum atomic E-state index is -4.76. The maximum absolute atomic E-state index is 12.7. The van der Waals surface area contributed by atoms with Crippen molar-refractivity contribution in [2.24, 2.45) is 0 Å². The third kappa shape index (κ3) is 5.76. The van der Waals surface area contributed by atoms with Gasteiger partial charge in [0.25, 0.3) is 0 Å². The van der Waals surface area contributed by atoms with E-state index in [1.165, 1.54) is 24.1 Å². The molecule has 0 aliphatic carbocycles. The molecular weight excluding hydrogens is 439 g/mol. The Morgan fingerprint density at radius 2 is 1.78 bits per heavy atom. The largest absolute Gasteiger partial charge is 0.573 e. The summed E-state index contributed by atoms with van der Waals surface area (Å²) in [6, 6.07) is 20.8. The molecule has 0 saturated carbocycles. The number of hydrogen-bond acceptors (Lipinski definition) is 4. The number of carbonyl (C=O) groups excluding carboxylic acids is 1. The van der Waals surface area contributed by atoms with Crippen LogP contribution in [-0.2, 0) is 11.4 Å². The van der Waals surface area contributed by atoms with Crippen LogP contribution in [0.1, 0.15) is 23.5 Å². The summed E-state index contributed by atoms with van der Waals surface area (Å²) in [7, 11) is 0. The molecule has 1 atom stereocenters. The number of amides is 1. The Balaban J connectivity index is 1.44. The van der Waals surface area contributed by atoms with Crippen LogP contribution in [0.25, 0.3) is 11.1 Å². The molecule has 1 fully saturated rings. The molecule has 0 radical (unpaired) electrons. The number of rotatable bonds is 6. The summed E-state index contributed by atoms with van der Waals surface area (Å²) in [6.45, 7) is 0.261. The van der Waals surface area contributed by atoms with Crippen molar-refractivity contribution in [3.63, 3.8) is 0 Å². The van der Waals surface area contributed by atoms with E-state index in [1.807, 2.05) is 30.3 Å². The average molecular weight is 459 g/mol. The van der Waals surface area contributed by atoms with Crippen LogP contribution in [0.2, 0.25) is 0 Å². The first-order valence-electron chi connectivity index (χ1n) is 9.95. The summed E-state index contributed by atoms with van der Waals surface area (Å²) in [4.78, 5) is 11.6. The molecule has 1 saturated heterocycles. The minimum absolute atomic E-state index is 0.0358. The van der Waals surface area contributed by atoms with Gasteiger partial charge in [-0.15, -0.1) is 13.2 Å². The van der Waals surface area contributed by atoms with E-state index in [2.05, 4.69) is 9.46 Å². The first-order chi connectivity index (χ1) is 15.4. The van der Waals surface area contributed by atoms with E-state index >= 15 is 0 Å². The van der Waals surface area contributed by atoms with Crippen LogP contribution in [0.3, 0.4) is 0 Å². The van der Waals surface area contributed by atoms with E-state index in [0.717, 1.165) is 16.9 Å². The fraction of sp³-hybridized carbons (Fsp3) is 0.208. The zero-order valence-corrected chi connectivity index (χ0v) is 17.7. The van der Waals surface area contributed by atoms with E-state index in [1.54, 1.807) is 30.3 Å². The molecule has 4 rings (SSSR count). The first-order valence-corrected chi connectivity index (χ1v) is 10.9. The van der Waals surface area contributed by atoms with Crippen molar-refractivity contribution in [2.75, 3.05) is 5.75 Å². The molecule has 0 aromatic heterocycles. The van der Waals surface area contributed by atoms with Gasteiger partial charge in [0, 0.05) is 23.7 Å². The van der Waals surface area contributed by atoms with Crippen LogP contribution >= 0.6 is 11.9 Å². The van der Waals surface area contributed by atoms with E-state index in [0.29, 0.717) is 23.3 Å². The molecule has 1 aliphatic rings. The smallest absolute Gasteiger partial charge is 0.489 e. The van der Waals surface area contributed by atoms with Crippen molar-refractivity contribution >= 4 is 17.9 Å². The molecule has 32 heavy (non-hydrogen) atoms. The molecule has 0 spiro atoms. The van der Waals surface area contributed by atoms with Crippen molar-refractivity contribution in [2.45, 2.75) is 25.3 Å². The fourth-order valence-corrected chi connectivity index (χ4v) is 4.35. The summed E-state index contributed by atoms with van der Waals surface area (Å²) in [5, 5.41) is 0. The Morgan fingerprint density at radius 3 is 2.53 bits per heavy atom. The Bertz CT molecular complexity index is 1090. The lowest BCUT2D eigenvalue weighted by atomic mass is 9.97. The maximum Gasteiger partial charge on any atom is 0.573 e. The Hall–Kier alpha value is -3.13. The van der Waals surface area contributed by atoms with Crippen LogP contribution in [0.5, 0.6) is 11.5 Å². The normalized spacial score (nSPS) is 16.3. The zero-order chi connectivity index (χ0) is 22.6. The first kappa shape index (κ1) is 22.1. The summed E-state index contributed by atoms with van der Waals surface area (Å²) < 4.78 is 51.0. The lowest BCUT2D eigenvalue weighted by Gasteiger charge is -2.21. The van der Waals surface area contributed by atoms with E-state index in [9.17, 15) is 18.0 Å². The zero-order valence-electron chi connectivity index (χ0n) is 16.9. The average Bonchev–Trinajstić information content (AvgIpc) is 2.78. The van der Waals surface area contributed by atoms with Crippen molar-refractivity contribution in [3.8, 4) is 22.6 Å². The third-order valence-corrected chi connectivity index (χ3v) is 5.95.